The number of esters is 3. The van der Waals surface area contributed by atoms with Gasteiger partial charge in [-0.15, -0.1) is 0 Å². The third kappa shape index (κ3) is 54.1. The Morgan fingerprint density at radius 3 is 0.853 bits per heavy atom. The van der Waals surface area contributed by atoms with E-state index in [0.29, 0.717) is 19.3 Å². The monoisotopic (exact) mass is 951 g/mol. The Labute approximate surface area is 421 Å². The van der Waals surface area contributed by atoms with Gasteiger partial charge < -0.3 is 14.2 Å². The van der Waals surface area contributed by atoms with E-state index in [1.165, 1.54) is 167 Å². The Morgan fingerprint density at radius 1 is 0.294 bits per heavy atom. The Morgan fingerprint density at radius 2 is 0.529 bits per heavy atom. The topological polar surface area (TPSA) is 78.9 Å². The molecule has 0 aromatic heterocycles. The fourth-order valence-corrected chi connectivity index (χ4v) is 8.30. The van der Waals surface area contributed by atoms with Gasteiger partial charge in [0.1, 0.15) is 13.2 Å². The van der Waals surface area contributed by atoms with Crippen molar-refractivity contribution in [1.82, 2.24) is 0 Å². The number of rotatable bonds is 53. The highest BCUT2D eigenvalue weighted by molar-refractivity contribution is 5.71. The van der Waals surface area contributed by atoms with Crippen molar-refractivity contribution in [3.8, 4) is 0 Å². The molecule has 0 saturated carbocycles. The van der Waals surface area contributed by atoms with Crippen molar-refractivity contribution in [3.63, 3.8) is 0 Å². The summed E-state index contributed by atoms with van der Waals surface area (Å²) in [6.07, 6.45) is 70.7. The van der Waals surface area contributed by atoms with E-state index in [4.69, 9.17) is 14.2 Å². The molecule has 1 unspecified atom stereocenters. The van der Waals surface area contributed by atoms with Crippen molar-refractivity contribution < 1.29 is 28.6 Å². The van der Waals surface area contributed by atoms with E-state index in [2.05, 4.69) is 81.5 Å². The highest BCUT2D eigenvalue weighted by Gasteiger charge is 2.19. The van der Waals surface area contributed by atoms with Crippen LogP contribution < -0.4 is 0 Å². The lowest BCUT2D eigenvalue weighted by Gasteiger charge is -2.18. The minimum Gasteiger partial charge on any atom is -0.462 e. The van der Waals surface area contributed by atoms with Gasteiger partial charge in [0, 0.05) is 19.3 Å². The van der Waals surface area contributed by atoms with Crippen molar-refractivity contribution in [2.45, 2.75) is 303 Å². The molecule has 0 rings (SSSR count). The first-order chi connectivity index (χ1) is 33.5. The van der Waals surface area contributed by atoms with Crippen LogP contribution >= 0.6 is 0 Å². The van der Waals surface area contributed by atoms with Gasteiger partial charge in [-0.1, -0.05) is 248 Å². The molecule has 0 fully saturated rings. The molecule has 68 heavy (non-hydrogen) atoms. The maximum absolute atomic E-state index is 12.8. The standard InChI is InChI=1S/C62H110O6/c1-4-7-10-13-16-19-22-24-26-28-30-31-33-34-36-38-40-43-46-49-52-55-61(64)67-58-59(57-66-60(63)54-51-48-45-42-21-18-15-12-9-6-3)68-62(65)56-53-50-47-44-41-39-37-35-32-29-27-25-23-20-17-14-11-8-5-2/h17,20,22,24-25,27-28,30,32,35,59H,4-16,18-19,21,23,26,29,31,33-34,36-58H2,1-3H3/b20-17-,24-22-,27-25-,30-28-,35-32-. The first-order valence-electron chi connectivity index (χ1n) is 29.3. The lowest BCUT2D eigenvalue weighted by Crippen LogP contribution is -2.30. The van der Waals surface area contributed by atoms with Crippen molar-refractivity contribution in [1.29, 1.82) is 0 Å². The second-order valence-electron chi connectivity index (χ2n) is 19.6. The molecule has 0 spiro atoms. The van der Waals surface area contributed by atoms with Gasteiger partial charge in [-0.05, 0) is 89.9 Å². The van der Waals surface area contributed by atoms with E-state index in [1.54, 1.807) is 0 Å². The lowest BCUT2D eigenvalue weighted by atomic mass is 10.1. The highest BCUT2D eigenvalue weighted by Crippen LogP contribution is 2.15. The fraction of sp³-hybridized carbons (Fsp3) is 0.790. The van der Waals surface area contributed by atoms with Crippen molar-refractivity contribution in [2.75, 3.05) is 13.2 Å². The number of carbonyl (C=O) groups excluding carboxylic acids is 3. The molecule has 0 amide bonds. The van der Waals surface area contributed by atoms with E-state index in [9.17, 15) is 14.4 Å². The van der Waals surface area contributed by atoms with Crippen LogP contribution in [-0.2, 0) is 28.6 Å². The van der Waals surface area contributed by atoms with Crippen LogP contribution in [0.5, 0.6) is 0 Å². The quantitative estimate of drug-likeness (QED) is 0.0262. The van der Waals surface area contributed by atoms with Crippen LogP contribution in [0, 0.1) is 0 Å². The number of allylic oxidation sites excluding steroid dienone is 10. The van der Waals surface area contributed by atoms with Crippen LogP contribution in [0.3, 0.4) is 0 Å². The van der Waals surface area contributed by atoms with Crippen LogP contribution in [0.2, 0.25) is 0 Å². The maximum atomic E-state index is 12.8. The molecule has 394 valence electrons. The van der Waals surface area contributed by atoms with E-state index < -0.39 is 6.10 Å². The minimum absolute atomic E-state index is 0.0788. The molecule has 0 radical (unpaired) electrons. The first-order valence-corrected chi connectivity index (χ1v) is 29.3. The van der Waals surface area contributed by atoms with Gasteiger partial charge in [-0.3, -0.25) is 14.4 Å². The van der Waals surface area contributed by atoms with E-state index in [-0.39, 0.29) is 31.1 Å². The van der Waals surface area contributed by atoms with Crippen molar-refractivity contribution >= 4 is 17.9 Å². The normalized spacial score (nSPS) is 12.5. The van der Waals surface area contributed by atoms with Crippen LogP contribution in [0.1, 0.15) is 297 Å². The Kier molecular flexibility index (Phi) is 54.3. The van der Waals surface area contributed by atoms with Gasteiger partial charge >= 0.3 is 17.9 Å². The zero-order valence-electron chi connectivity index (χ0n) is 45.1. The summed E-state index contributed by atoms with van der Waals surface area (Å²) in [5, 5.41) is 0. The predicted molar refractivity (Wildman–Crippen MR) is 293 cm³/mol. The third-order valence-corrected chi connectivity index (χ3v) is 12.7. The van der Waals surface area contributed by atoms with Gasteiger partial charge in [0.15, 0.2) is 6.10 Å². The van der Waals surface area contributed by atoms with Gasteiger partial charge in [0.25, 0.3) is 0 Å². The molecule has 6 nitrogen and oxygen atoms in total. The molecule has 0 heterocycles. The fourth-order valence-electron chi connectivity index (χ4n) is 8.30. The molecule has 0 aliphatic heterocycles. The maximum Gasteiger partial charge on any atom is 0.306 e. The third-order valence-electron chi connectivity index (χ3n) is 12.7. The van der Waals surface area contributed by atoms with Crippen LogP contribution in [0.4, 0.5) is 0 Å². The SMILES string of the molecule is CCCCC/C=C\C/C=C\C/C=C\CCCCCCCCC(=O)OC(COC(=O)CCCCCCCCCCCC)COC(=O)CCCCCCCCCCC/C=C\C/C=C\CCCCCCC. The highest BCUT2D eigenvalue weighted by atomic mass is 16.6. The summed E-state index contributed by atoms with van der Waals surface area (Å²) in [6.45, 7) is 6.60. The molecular weight excluding hydrogens is 841 g/mol. The molecule has 0 aromatic carbocycles. The molecular formula is C62H110O6. The summed E-state index contributed by atoms with van der Waals surface area (Å²) in [7, 11) is 0. The average Bonchev–Trinajstić information content (AvgIpc) is 3.34. The Balaban J connectivity index is 4.32. The summed E-state index contributed by atoms with van der Waals surface area (Å²) in [4.78, 5) is 38.1. The second kappa shape index (κ2) is 56.7. The molecule has 0 N–H and O–H groups in total. The Hall–Kier alpha value is -2.89. The lowest BCUT2D eigenvalue weighted by molar-refractivity contribution is -0.167. The summed E-state index contributed by atoms with van der Waals surface area (Å²) in [5.74, 6) is -0.887. The molecule has 0 aromatic rings. The first kappa shape index (κ1) is 65.1. The number of hydrogen-bond donors (Lipinski definition) is 0. The summed E-state index contributed by atoms with van der Waals surface area (Å²) in [5.41, 5.74) is 0. The largest absolute Gasteiger partial charge is 0.462 e. The van der Waals surface area contributed by atoms with E-state index in [0.717, 1.165) is 89.9 Å². The Bertz CT molecular complexity index is 1230. The van der Waals surface area contributed by atoms with E-state index >= 15 is 0 Å². The van der Waals surface area contributed by atoms with Crippen LogP contribution in [0.25, 0.3) is 0 Å². The smallest absolute Gasteiger partial charge is 0.306 e. The van der Waals surface area contributed by atoms with Crippen molar-refractivity contribution in [3.05, 3.63) is 60.8 Å². The zero-order chi connectivity index (χ0) is 49.3. The molecule has 0 aliphatic carbocycles. The number of carbonyl (C=O) groups is 3. The predicted octanol–water partition coefficient (Wildman–Crippen LogP) is 19.6. The summed E-state index contributed by atoms with van der Waals surface area (Å²) < 4.78 is 16.8. The minimum atomic E-state index is -0.781. The van der Waals surface area contributed by atoms with Gasteiger partial charge in [-0.2, -0.15) is 0 Å². The van der Waals surface area contributed by atoms with E-state index in [1.807, 2.05) is 0 Å². The average molecular weight is 952 g/mol. The van der Waals surface area contributed by atoms with Crippen molar-refractivity contribution in [2.24, 2.45) is 0 Å². The van der Waals surface area contributed by atoms with Crippen LogP contribution in [0.15, 0.2) is 60.8 Å². The summed E-state index contributed by atoms with van der Waals surface area (Å²) in [6, 6.07) is 0. The summed E-state index contributed by atoms with van der Waals surface area (Å²) >= 11 is 0. The second-order valence-corrected chi connectivity index (χ2v) is 19.6. The molecule has 0 saturated heterocycles. The van der Waals surface area contributed by atoms with Gasteiger partial charge in [-0.25, -0.2) is 0 Å². The molecule has 1 atom stereocenters. The van der Waals surface area contributed by atoms with Crippen LogP contribution in [-0.4, -0.2) is 37.2 Å². The number of ether oxygens (including phenoxy) is 3. The number of unbranched alkanes of at least 4 members (excludes halogenated alkanes) is 32. The van der Waals surface area contributed by atoms with Gasteiger partial charge in [0.05, 0.1) is 0 Å². The molecule has 6 heteroatoms. The zero-order valence-corrected chi connectivity index (χ0v) is 45.1. The molecule has 0 bridgehead atoms. The molecule has 0 aliphatic rings. The van der Waals surface area contributed by atoms with Gasteiger partial charge in [0.2, 0.25) is 0 Å². The number of hydrogen-bond acceptors (Lipinski definition) is 6.